The number of hydrogen-bond acceptors (Lipinski definition) is 4. The van der Waals surface area contributed by atoms with Crippen LogP contribution in [0.3, 0.4) is 0 Å². The van der Waals surface area contributed by atoms with Gasteiger partial charge in [-0.15, -0.1) is 0 Å². The zero-order valence-electron chi connectivity index (χ0n) is 13.0. The van der Waals surface area contributed by atoms with Gasteiger partial charge in [-0.25, -0.2) is 13.6 Å². The van der Waals surface area contributed by atoms with Crippen LogP contribution in [0.5, 0.6) is 0 Å². The van der Waals surface area contributed by atoms with Crippen LogP contribution in [0.2, 0.25) is 0 Å². The van der Waals surface area contributed by atoms with Crippen molar-refractivity contribution in [2.24, 2.45) is 17.0 Å². The van der Waals surface area contributed by atoms with Crippen LogP contribution in [0.1, 0.15) is 31.4 Å². The minimum absolute atomic E-state index is 0.0187. The first-order valence-electron chi connectivity index (χ1n) is 7.25. The van der Waals surface area contributed by atoms with Crippen molar-refractivity contribution in [2.75, 3.05) is 7.05 Å². The van der Waals surface area contributed by atoms with E-state index < -0.39 is 27.8 Å². The third-order valence-electron chi connectivity index (χ3n) is 4.51. The molecule has 1 aliphatic carbocycles. The fourth-order valence-corrected chi connectivity index (χ4v) is 3.29. The molecule has 3 atom stereocenters. The third kappa shape index (κ3) is 3.53. The normalized spacial score (nSPS) is 22.0. The second-order valence-corrected chi connectivity index (χ2v) is 7.43. The lowest BCUT2D eigenvalue weighted by Gasteiger charge is -2.37. The van der Waals surface area contributed by atoms with Gasteiger partial charge in [0.05, 0.1) is 22.8 Å². The van der Waals surface area contributed by atoms with Gasteiger partial charge in [-0.1, -0.05) is 12.1 Å². The summed E-state index contributed by atoms with van der Waals surface area (Å²) in [5.41, 5.74) is 0.624. The van der Waals surface area contributed by atoms with Gasteiger partial charge in [0.15, 0.2) is 0 Å². The van der Waals surface area contributed by atoms with Gasteiger partial charge in [0.2, 0.25) is 15.9 Å². The monoisotopic (exact) mass is 340 g/mol. The number of amides is 1. The fourth-order valence-electron chi connectivity index (χ4n) is 2.72. The first-order chi connectivity index (χ1) is 10.6. The molecule has 0 bridgehead atoms. The highest BCUT2D eigenvalue weighted by molar-refractivity contribution is 7.89. The molecule has 1 fully saturated rings. The topological polar surface area (TPSA) is 118 Å². The van der Waals surface area contributed by atoms with Crippen LogP contribution in [-0.2, 0) is 19.6 Å². The number of aliphatic carboxylic acids is 1. The predicted octanol–water partition coefficient (Wildman–Crippen LogP) is 0.964. The van der Waals surface area contributed by atoms with E-state index in [4.69, 9.17) is 10.2 Å². The van der Waals surface area contributed by atoms with Crippen molar-refractivity contribution in [2.45, 2.75) is 30.7 Å². The summed E-state index contributed by atoms with van der Waals surface area (Å²) in [7, 11) is -2.22. The molecule has 3 unspecified atom stereocenters. The number of rotatable bonds is 5. The molecule has 1 aromatic carbocycles. The van der Waals surface area contributed by atoms with Crippen molar-refractivity contribution in [3.63, 3.8) is 0 Å². The number of sulfonamides is 1. The zero-order chi connectivity index (χ0) is 17.4. The van der Waals surface area contributed by atoms with E-state index in [-0.39, 0.29) is 16.8 Å². The van der Waals surface area contributed by atoms with Gasteiger partial charge < -0.3 is 10.0 Å². The SMILES string of the molecule is CC(c1cccc(S(N)(=O)=O)c1)N(C)C(=O)C1CCC1C(=O)O. The summed E-state index contributed by atoms with van der Waals surface area (Å²) in [5, 5.41) is 14.2. The number of carboxylic acid groups (broad SMARTS) is 1. The molecule has 126 valence electrons. The Morgan fingerprint density at radius 2 is 1.91 bits per heavy atom. The van der Waals surface area contributed by atoms with E-state index in [1.54, 1.807) is 26.1 Å². The second kappa shape index (κ2) is 6.29. The lowest BCUT2D eigenvalue weighted by atomic mass is 9.72. The van der Waals surface area contributed by atoms with Crippen molar-refractivity contribution in [1.29, 1.82) is 0 Å². The Balaban J connectivity index is 2.18. The van der Waals surface area contributed by atoms with Gasteiger partial charge in [-0.05, 0) is 37.5 Å². The Morgan fingerprint density at radius 3 is 2.39 bits per heavy atom. The highest BCUT2D eigenvalue weighted by Crippen LogP contribution is 2.37. The van der Waals surface area contributed by atoms with Crippen molar-refractivity contribution < 1.29 is 23.1 Å². The summed E-state index contributed by atoms with van der Waals surface area (Å²) >= 11 is 0. The van der Waals surface area contributed by atoms with Gasteiger partial charge in [0.1, 0.15) is 0 Å². The maximum Gasteiger partial charge on any atom is 0.307 e. The van der Waals surface area contributed by atoms with Gasteiger partial charge in [0, 0.05) is 7.05 Å². The molecule has 0 radical (unpaired) electrons. The Kier molecular flexibility index (Phi) is 4.76. The molecule has 0 aromatic heterocycles. The molecule has 1 aromatic rings. The molecule has 1 amide bonds. The molecule has 2 rings (SSSR count). The quantitative estimate of drug-likeness (QED) is 0.828. The zero-order valence-corrected chi connectivity index (χ0v) is 13.8. The molecule has 8 heteroatoms. The minimum Gasteiger partial charge on any atom is -0.481 e. The maximum absolute atomic E-state index is 12.5. The first kappa shape index (κ1) is 17.4. The van der Waals surface area contributed by atoms with Crippen molar-refractivity contribution in [1.82, 2.24) is 4.90 Å². The molecular weight excluding hydrogens is 320 g/mol. The molecule has 23 heavy (non-hydrogen) atoms. The maximum atomic E-state index is 12.5. The summed E-state index contributed by atoms with van der Waals surface area (Å²) in [4.78, 5) is 25.0. The predicted molar refractivity (Wildman–Crippen MR) is 82.9 cm³/mol. The average Bonchev–Trinajstić information content (AvgIpc) is 2.43. The van der Waals surface area contributed by atoms with Gasteiger partial charge in [-0.2, -0.15) is 0 Å². The molecule has 0 spiro atoms. The van der Waals surface area contributed by atoms with Crippen LogP contribution in [0.4, 0.5) is 0 Å². The summed E-state index contributed by atoms with van der Waals surface area (Å²) in [6, 6.07) is 5.70. The van der Waals surface area contributed by atoms with Gasteiger partial charge >= 0.3 is 5.97 Å². The van der Waals surface area contributed by atoms with E-state index in [9.17, 15) is 18.0 Å². The van der Waals surface area contributed by atoms with Gasteiger partial charge in [-0.3, -0.25) is 9.59 Å². The highest BCUT2D eigenvalue weighted by atomic mass is 32.2. The van der Waals surface area contributed by atoms with E-state index in [2.05, 4.69) is 0 Å². The summed E-state index contributed by atoms with van der Waals surface area (Å²) in [5.74, 6) is -2.33. The number of primary sulfonamides is 1. The molecule has 7 nitrogen and oxygen atoms in total. The summed E-state index contributed by atoms with van der Waals surface area (Å²) in [6.07, 6.45) is 1.07. The third-order valence-corrected chi connectivity index (χ3v) is 5.42. The van der Waals surface area contributed by atoms with E-state index in [1.807, 2.05) is 0 Å². The smallest absolute Gasteiger partial charge is 0.307 e. The molecule has 1 saturated carbocycles. The van der Waals surface area contributed by atoms with Crippen LogP contribution < -0.4 is 5.14 Å². The second-order valence-electron chi connectivity index (χ2n) is 5.87. The molecule has 3 N–H and O–H groups in total. The summed E-state index contributed by atoms with van der Waals surface area (Å²) in [6.45, 7) is 1.76. The summed E-state index contributed by atoms with van der Waals surface area (Å²) < 4.78 is 22.9. The first-order valence-corrected chi connectivity index (χ1v) is 8.79. The Hall–Kier alpha value is -1.93. The van der Waals surface area contributed by atoms with Crippen LogP contribution in [-0.4, -0.2) is 37.3 Å². The van der Waals surface area contributed by atoms with Crippen LogP contribution >= 0.6 is 0 Å². The number of hydrogen-bond donors (Lipinski definition) is 2. The fraction of sp³-hybridized carbons (Fsp3) is 0.467. The highest BCUT2D eigenvalue weighted by Gasteiger charge is 2.43. The van der Waals surface area contributed by atoms with Gasteiger partial charge in [0.25, 0.3) is 0 Å². The molecule has 0 aliphatic heterocycles. The standard InChI is InChI=1S/C15H20N2O5S/c1-9(10-4-3-5-11(8-10)23(16,21)22)17(2)14(18)12-6-7-13(12)15(19)20/h3-5,8-9,12-13H,6-7H2,1-2H3,(H,19,20)(H2,16,21,22). The van der Waals surface area contributed by atoms with Crippen LogP contribution in [0.15, 0.2) is 29.2 Å². The molecule has 1 aliphatic rings. The number of nitrogens with zero attached hydrogens (tertiary/aromatic N) is 1. The number of carboxylic acids is 1. The largest absolute Gasteiger partial charge is 0.481 e. The minimum atomic E-state index is -3.82. The van der Waals surface area contributed by atoms with E-state index >= 15 is 0 Å². The lowest BCUT2D eigenvalue weighted by molar-refractivity contribution is -0.156. The number of carbonyl (C=O) groups is 2. The Labute approximate surface area is 135 Å². The van der Waals surface area contributed by atoms with Crippen molar-refractivity contribution in [3.05, 3.63) is 29.8 Å². The lowest BCUT2D eigenvalue weighted by Crippen LogP contribution is -2.45. The average molecular weight is 340 g/mol. The van der Waals surface area contributed by atoms with Crippen LogP contribution in [0, 0.1) is 11.8 Å². The molecule has 0 heterocycles. The number of carbonyl (C=O) groups excluding carboxylic acids is 1. The van der Waals surface area contributed by atoms with Crippen molar-refractivity contribution >= 4 is 21.9 Å². The van der Waals surface area contributed by atoms with Crippen molar-refractivity contribution in [3.8, 4) is 0 Å². The van der Waals surface area contributed by atoms with E-state index in [0.29, 0.717) is 18.4 Å². The Bertz CT molecular complexity index is 731. The van der Waals surface area contributed by atoms with E-state index in [1.165, 1.54) is 17.0 Å². The van der Waals surface area contributed by atoms with E-state index in [0.717, 1.165) is 0 Å². The molecular formula is C15H20N2O5S. The Morgan fingerprint density at radius 1 is 1.30 bits per heavy atom. The van der Waals surface area contributed by atoms with Crippen LogP contribution in [0.25, 0.3) is 0 Å². The molecule has 0 saturated heterocycles. The number of nitrogens with two attached hydrogens (primary N) is 1. The number of benzene rings is 1.